The van der Waals surface area contributed by atoms with Crippen LogP contribution >= 0.6 is 0 Å². The van der Waals surface area contributed by atoms with Crippen LogP contribution in [0.15, 0.2) is 24.3 Å². The van der Waals surface area contributed by atoms with Crippen LogP contribution in [0.1, 0.15) is 6.92 Å². The summed E-state index contributed by atoms with van der Waals surface area (Å²) in [5, 5.41) is 0. The predicted octanol–water partition coefficient (Wildman–Crippen LogP) is 2.31. The van der Waals surface area contributed by atoms with Gasteiger partial charge in [0.05, 0.1) is 6.61 Å². The van der Waals surface area contributed by atoms with Gasteiger partial charge in [-0.1, -0.05) is 0 Å². The van der Waals surface area contributed by atoms with E-state index in [2.05, 4.69) is 4.18 Å². The Morgan fingerprint density at radius 3 is 2.00 bits per heavy atom. The molecule has 1 rings (SSSR count). The molecule has 1 aromatic rings. The summed E-state index contributed by atoms with van der Waals surface area (Å²) >= 11 is 0. The Kier molecular flexibility index (Phi) is 3.87. The minimum atomic E-state index is -5.62. The third kappa shape index (κ3) is 3.52. The van der Waals surface area contributed by atoms with E-state index >= 15 is 0 Å². The fourth-order valence-electron chi connectivity index (χ4n) is 0.932. The van der Waals surface area contributed by atoms with E-state index in [0.29, 0.717) is 12.4 Å². The van der Waals surface area contributed by atoms with Gasteiger partial charge in [-0.2, -0.15) is 21.6 Å². The summed E-state index contributed by atoms with van der Waals surface area (Å²) in [7, 11) is -5.62. The zero-order chi connectivity index (χ0) is 13.1. The van der Waals surface area contributed by atoms with Crippen molar-refractivity contribution < 1.29 is 30.5 Å². The summed E-state index contributed by atoms with van der Waals surface area (Å²) in [6.07, 6.45) is 0. The fourth-order valence-corrected chi connectivity index (χ4v) is 1.39. The maximum absolute atomic E-state index is 12.0. The molecule has 0 unspecified atom stereocenters. The lowest BCUT2D eigenvalue weighted by atomic mass is 10.3. The normalized spacial score (nSPS) is 12.2. The van der Waals surface area contributed by atoms with Gasteiger partial charge in [-0.3, -0.25) is 0 Å². The zero-order valence-electron chi connectivity index (χ0n) is 8.69. The summed E-state index contributed by atoms with van der Waals surface area (Å²) < 4.78 is 66.2. The Bertz CT molecular complexity index is 464. The van der Waals surface area contributed by atoms with E-state index in [0.717, 1.165) is 12.1 Å². The topological polar surface area (TPSA) is 52.6 Å². The van der Waals surface area contributed by atoms with Crippen LogP contribution in [0.5, 0.6) is 11.5 Å². The van der Waals surface area contributed by atoms with Gasteiger partial charge in [-0.15, -0.1) is 0 Å². The zero-order valence-corrected chi connectivity index (χ0v) is 9.51. The molecule has 1 aromatic carbocycles. The maximum Gasteiger partial charge on any atom is 0.534 e. The van der Waals surface area contributed by atoms with E-state index in [1.807, 2.05) is 0 Å². The monoisotopic (exact) mass is 270 g/mol. The Hall–Kier alpha value is -1.44. The van der Waals surface area contributed by atoms with Crippen LogP contribution in [0.2, 0.25) is 0 Å². The summed E-state index contributed by atoms with van der Waals surface area (Å²) in [6.45, 7) is 2.12. The van der Waals surface area contributed by atoms with E-state index < -0.39 is 21.4 Å². The Morgan fingerprint density at radius 1 is 1.12 bits per heavy atom. The van der Waals surface area contributed by atoms with Gasteiger partial charge in [0.2, 0.25) is 0 Å². The average molecular weight is 270 g/mol. The van der Waals surface area contributed by atoms with Crippen molar-refractivity contribution in [3.05, 3.63) is 24.3 Å². The predicted molar refractivity (Wildman–Crippen MR) is 53.2 cm³/mol. The Balaban J connectivity index is 2.83. The number of alkyl halides is 3. The number of hydrogen-bond acceptors (Lipinski definition) is 4. The summed E-state index contributed by atoms with van der Waals surface area (Å²) in [5.41, 5.74) is -5.44. The lowest BCUT2D eigenvalue weighted by molar-refractivity contribution is -0.0500. The number of rotatable bonds is 4. The highest BCUT2D eigenvalue weighted by atomic mass is 32.2. The number of halogens is 3. The first kappa shape index (κ1) is 13.6. The fraction of sp³-hybridized carbons (Fsp3) is 0.333. The molecule has 0 bridgehead atoms. The van der Waals surface area contributed by atoms with E-state index in [-0.39, 0.29) is 0 Å². The van der Waals surface area contributed by atoms with Gasteiger partial charge in [0, 0.05) is 0 Å². The van der Waals surface area contributed by atoms with Crippen molar-refractivity contribution >= 4 is 10.1 Å². The molecule has 17 heavy (non-hydrogen) atoms. The van der Waals surface area contributed by atoms with Crippen LogP contribution in [0.4, 0.5) is 13.2 Å². The third-order valence-electron chi connectivity index (χ3n) is 1.62. The molecule has 0 radical (unpaired) electrons. The molecule has 4 nitrogen and oxygen atoms in total. The third-order valence-corrected chi connectivity index (χ3v) is 2.60. The molecule has 0 aliphatic rings. The molecule has 96 valence electrons. The molecule has 8 heteroatoms. The lowest BCUT2D eigenvalue weighted by Gasteiger charge is -2.09. The molecule has 0 aromatic heterocycles. The molecule has 0 saturated carbocycles. The molecule has 0 aliphatic heterocycles. The molecule has 0 amide bonds. The molecule has 0 fully saturated rings. The highest BCUT2D eigenvalue weighted by molar-refractivity contribution is 7.87. The lowest BCUT2D eigenvalue weighted by Crippen LogP contribution is -2.28. The van der Waals surface area contributed by atoms with Crippen molar-refractivity contribution in [2.75, 3.05) is 6.61 Å². The second-order valence-electron chi connectivity index (χ2n) is 2.89. The van der Waals surface area contributed by atoms with Gasteiger partial charge in [-0.05, 0) is 31.2 Å². The van der Waals surface area contributed by atoms with Crippen molar-refractivity contribution in [3.8, 4) is 11.5 Å². The largest absolute Gasteiger partial charge is 0.534 e. The summed E-state index contributed by atoms with van der Waals surface area (Å²) in [6, 6.07) is 4.78. The molecule has 0 heterocycles. The molecule has 0 spiro atoms. The first-order chi connectivity index (χ1) is 7.76. The van der Waals surface area contributed by atoms with Crippen molar-refractivity contribution in [2.45, 2.75) is 12.4 Å². The molecule has 0 saturated heterocycles. The van der Waals surface area contributed by atoms with Crippen LogP contribution in [0, 0.1) is 0 Å². The second kappa shape index (κ2) is 4.82. The van der Waals surface area contributed by atoms with E-state index in [9.17, 15) is 21.6 Å². The Labute approximate surface area is 96.1 Å². The summed E-state index contributed by atoms with van der Waals surface area (Å²) in [4.78, 5) is 0. The molecule has 0 aliphatic carbocycles. The minimum absolute atomic E-state index is 0.390. The first-order valence-electron chi connectivity index (χ1n) is 4.50. The van der Waals surface area contributed by atoms with Gasteiger partial charge in [0.1, 0.15) is 11.5 Å². The maximum atomic E-state index is 12.0. The highest BCUT2D eigenvalue weighted by Crippen LogP contribution is 2.27. The van der Waals surface area contributed by atoms with Crippen LogP contribution < -0.4 is 8.92 Å². The number of ether oxygens (including phenoxy) is 1. The van der Waals surface area contributed by atoms with Gasteiger partial charge in [0.15, 0.2) is 0 Å². The van der Waals surface area contributed by atoms with Crippen molar-refractivity contribution in [3.63, 3.8) is 0 Å². The number of benzene rings is 1. The smallest absolute Gasteiger partial charge is 0.494 e. The highest BCUT2D eigenvalue weighted by Gasteiger charge is 2.48. The average Bonchev–Trinajstić information content (AvgIpc) is 2.19. The SMILES string of the molecule is CCOc1ccc(OS(=O)(=O)C(F)(F)F)cc1. The van der Waals surface area contributed by atoms with E-state index in [1.165, 1.54) is 12.1 Å². The number of hydrogen-bond donors (Lipinski definition) is 0. The molecular formula is C9H9F3O4S. The van der Waals surface area contributed by atoms with Gasteiger partial charge >= 0.3 is 15.6 Å². The van der Waals surface area contributed by atoms with Gasteiger partial charge in [-0.25, -0.2) is 0 Å². The molecule has 0 N–H and O–H groups in total. The van der Waals surface area contributed by atoms with E-state index in [4.69, 9.17) is 4.74 Å². The standard InChI is InChI=1S/C9H9F3O4S/c1-2-15-7-3-5-8(6-4-7)16-17(13,14)9(10,11)12/h3-6H,2H2,1H3. The minimum Gasteiger partial charge on any atom is -0.494 e. The van der Waals surface area contributed by atoms with Crippen LogP contribution in [-0.4, -0.2) is 20.5 Å². The van der Waals surface area contributed by atoms with Crippen molar-refractivity contribution in [2.24, 2.45) is 0 Å². The second-order valence-corrected chi connectivity index (χ2v) is 4.43. The van der Waals surface area contributed by atoms with Crippen LogP contribution in [0.3, 0.4) is 0 Å². The molecular weight excluding hydrogens is 261 g/mol. The first-order valence-corrected chi connectivity index (χ1v) is 5.90. The molecule has 0 atom stereocenters. The summed E-state index contributed by atoms with van der Waals surface area (Å²) in [5.74, 6) is -0.0185. The van der Waals surface area contributed by atoms with Crippen molar-refractivity contribution in [1.82, 2.24) is 0 Å². The van der Waals surface area contributed by atoms with Gasteiger partial charge in [0.25, 0.3) is 0 Å². The quantitative estimate of drug-likeness (QED) is 0.622. The van der Waals surface area contributed by atoms with Crippen LogP contribution in [0.25, 0.3) is 0 Å². The Morgan fingerprint density at radius 2 is 1.59 bits per heavy atom. The van der Waals surface area contributed by atoms with Crippen molar-refractivity contribution in [1.29, 1.82) is 0 Å². The van der Waals surface area contributed by atoms with E-state index in [1.54, 1.807) is 6.92 Å². The van der Waals surface area contributed by atoms with Gasteiger partial charge < -0.3 is 8.92 Å². The van der Waals surface area contributed by atoms with Crippen LogP contribution in [-0.2, 0) is 10.1 Å².